The molecule has 19 heavy (non-hydrogen) atoms. The van der Waals surface area contributed by atoms with Crippen LogP contribution < -0.4 is 0 Å². The van der Waals surface area contributed by atoms with Crippen LogP contribution in [0.3, 0.4) is 0 Å². The fraction of sp³-hybridized carbons (Fsp3) is 0.143. The lowest BCUT2D eigenvalue weighted by Gasteiger charge is -2.12. The molecule has 2 aromatic carbocycles. The molecule has 2 rings (SSSR count). The lowest BCUT2D eigenvalue weighted by atomic mass is 10.0. The van der Waals surface area contributed by atoms with Crippen molar-refractivity contribution in [3.63, 3.8) is 0 Å². The Morgan fingerprint density at radius 2 is 1.84 bits per heavy atom. The maximum Gasteiger partial charge on any atom is 0.129 e. The molecule has 0 fully saturated rings. The molecule has 1 unspecified atom stereocenters. The van der Waals surface area contributed by atoms with Crippen molar-refractivity contribution < 1.29 is 8.78 Å². The first kappa shape index (κ1) is 14.8. The molecule has 0 saturated heterocycles. The van der Waals surface area contributed by atoms with Crippen LogP contribution in [0.15, 0.2) is 40.9 Å². The van der Waals surface area contributed by atoms with Gasteiger partial charge in [-0.3, -0.25) is 0 Å². The van der Waals surface area contributed by atoms with Gasteiger partial charge in [-0.05, 0) is 35.7 Å². The van der Waals surface area contributed by atoms with Crippen molar-refractivity contribution in [3.05, 3.63) is 68.7 Å². The molecule has 2 aromatic rings. The van der Waals surface area contributed by atoms with Gasteiger partial charge >= 0.3 is 0 Å². The third kappa shape index (κ3) is 3.68. The molecule has 0 radical (unpaired) electrons. The average molecular weight is 366 g/mol. The van der Waals surface area contributed by atoms with E-state index in [0.717, 1.165) is 16.1 Å². The fourth-order valence-electron chi connectivity index (χ4n) is 1.75. The standard InChI is InChI=1S/C14H9BrCl2F2/c15-9-2-4-11(13(17)6-9)12(16)5-8-1-3-10(18)7-14(8)19/h1-4,6-7,12H,5H2. The second kappa shape index (κ2) is 6.21. The molecule has 1 atom stereocenters. The molecule has 0 amide bonds. The second-order valence-electron chi connectivity index (χ2n) is 4.07. The Hall–Kier alpha value is -0.640. The van der Waals surface area contributed by atoms with E-state index in [1.54, 1.807) is 12.1 Å². The topological polar surface area (TPSA) is 0 Å². The van der Waals surface area contributed by atoms with Crippen molar-refractivity contribution >= 4 is 39.1 Å². The zero-order chi connectivity index (χ0) is 14.0. The summed E-state index contributed by atoms with van der Waals surface area (Å²) in [7, 11) is 0. The minimum atomic E-state index is -0.603. The van der Waals surface area contributed by atoms with Crippen LogP contribution in [0.2, 0.25) is 5.02 Å². The molecule has 0 aliphatic rings. The SMILES string of the molecule is Fc1ccc(CC(Cl)c2ccc(Br)cc2Cl)c(F)c1. The minimum Gasteiger partial charge on any atom is -0.207 e. The van der Waals surface area contributed by atoms with E-state index in [1.165, 1.54) is 12.1 Å². The van der Waals surface area contributed by atoms with Crippen LogP contribution in [0.5, 0.6) is 0 Å². The molecule has 0 aromatic heterocycles. The van der Waals surface area contributed by atoms with E-state index in [0.29, 0.717) is 10.6 Å². The van der Waals surface area contributed by atoms with Gasteiger partial charge in [-0.1, -0.05) is 39.7 Å². The van der Waals surface area contributed by atoms with Gasteiger partial charge in [0.25, 0.3) is 0 Å². The summed E-state index contributed by atoms with van der Waals surface area (Å²) in [5.74, 6) is -1.20. The zero-order valence-electron chi connectivity index (χ0n) is 9.64. The van der Waals surface area contributed by atoms with E-state index in [4.69, 9.17) is 23.2 Å². The molecular weight excluding hydrogens is 357 g/mol. The maximum absolute atomic E-state index is 13.6. The van der Waals surface area contributed by atoms with Gasteiger partial charge in [-0.15, -0.1) is 11.6 Å². The molecule has 0 heterocycles. The summed E-state index contributed by atoms with van der Waals surface area (Å²) in [6.07, 6.45) is 0.245. The molecular formula is C14H9BrCl2F2. The van der Waals surface area contributed by atoms with Gasteiger partial charge in [0.1, 0.15) is 11.6 Å². The van der Waals surface area contributed by atoms with E-state index < -0.39 is 17.0 Å². The fourth-order valence-corrected chi connectivity index (χ4v) is 2.96. The summed E-state index contributed by atoms with van der Waals surface area (Å²) in [6, 6.07) is 8.79. The highest BCUT2D eigenvalue weighted by atomic mass is 79.9. The highest BCUT2D eigenvalue weighted by Gasteiger charge is 2.15. The Kier molecular flexibility index (Phi) is 4.82. The molecule has 0 nitrogen and oxygen atoms in total. The van der Waals surface area contributed by atoms with Crippen molar-refractivity contribution in [3.8, 4) is 0 Å². The number of halogens is 5. The van der Waals surface area contributed by atoms with E-state index in [2.05, 4.69) is 15.9 Å². The molecule has 0 saturated carbocycles. The van der Waals surface area contributed by atoms with Crippen molar-refractivity contribution in [2.45, 2.75) is 11.8 Å². The predicted molar refractivity (Wildman–Crippen MR) is 77.8 cm³/mol. The van der Waals surface area contributed by atoms with Crippen LogP contribution in [0.1, 0.15) is 16.5 Å². The van der Waals surface area contributed by atoms with Crippen molar-refractivity contribution in [1.82, 2.24) is 0 Å². The lowest BCUT2D eigenvalue weighted by Crippen LogP contribution is -2.00. The Morgan fingerprint density at radius 3 is 2.47 bits per heavy atom. The van der Waals surface area contributed by atoms with E-state index in [9.17, 15) is 8.78 Å². The molecule has 0 aliphatic carbocycles. The van der Waals surface area contributed by atoms with E-state index >= 15 is 0 Å². The Bertz CT molecular complexity index is 602. The smallest absolute Gasteiger partial charge is 0.129 e. The van der Waals surface area contributed by atoms with Gasteiger partial charge in [0.2, 0.25) is 0 Å². The first-order valence-electron chi connectivity index (χ1n) is 5.50. The number of alkyl halides is 1. The third-order valence-electron chi connectivity index (χ3n) is 2.71. The van der Waals surface area contributed by atoms with Gasteiger partial charge < -0.3 is 0 Å². The molecule has 0 N–H and O–H groups in total. The van der Waals surface area contributed by atoms with Gasteiger partial charge in [-0.25, -0.2) is 8.78 Å². The highest BCUT2D eigenvalue weighted by molar-refractivity contribution is 9.10. The number of benzene rings is 2. The van der Waals surface area contributed by atoms with Crippen LogP contribution in [-0.4, -0.2) is 0 Å². The molecule has 100 valence electrons. The highest BCUT2D eigenvalue weighted by Crippen LogP contribution is 2.33. The molecule has 0 aliphatic heterocycles. The summed E-state index contributed by atoms with van der Waals surface area (Å²) in [4.78, 5) is 0. The summed E-state index contributed by atoms with van der Waals surface area (Å²) >= 11 is 15.6. The van der Waals surface area contributed by atoms with Crippen LogP contribution in [0, 0.1) is 11.6 Å². The Balaban J connectivity index is 2.23. The van der Waals surface area contributed by atoms with Gasteiger partial charge in [0.05, 0.1) is 5.38 Å². The van der Waals surface area contributed by atoms with Crippen LogP contribution in [0.25, 0.3) is 0 Å². The average Bonchev–Trinajstić information content (AvgIpc) is 2.32. The number of hydrogen-bond donors (Lipinski definition) is 0. The Labute approximate surface area is 128 Å². The summed E-state index contributed by atoms with van der Waals surface area (Å²) in [5, 5.41) is 0.0393. The van der Waals surface area contributed by atoms with Crippen molar-refractivity contribution in [1.29, 1.82) is 0 Å². The number of rotatable bonds is 3. The number of hydrogen-bond acceptors (Lipinski definition) is 0. The third-order valence-corrected chi connectivity index (χ3v) is 3.92. The van der Waals surface area contributed by atoms with Crippen molar-refractivity contribution in [2.24, 2.45) is 0 Å². The normalized spacial score (nSPS) is 12.5. The van der Waals surface area contributed by atoms with E-state index in [-0.39, 0.29) is 6.42 Å². The van der Waals surface area contributed by atoms with Gasteiger partial charge in [0.15, 0.2) is 0 Å². The van der Waals surface area contributed by atoms with Crippen LogP contribution >= 0.6 is 39.1 Å². The summed E-state index contributed by atoms with van der Waals surface area (Å²) < 4.78 is 27.2. The largest absolute Gasteiger partial charge is 0.207 e. The van der Waals surface area contributed by atoms with E-state index in [1.807, 2.05) is 6.07 Å². The zero-order valence-corrected chi connectivity index (χ0v) is 12.7. The summed E-state index contributed by atoms with van der Waals surface area (Å²) in [6.45, 7) is 0. The van der Waals surface area contributed by atoms with Gasteiger partial charge in [0, 0.05) is 15.6 Å². The minimum absolute atomic E-state index is 0.245. The maximum atomic E-state index is 13.6. The lowest BCUT2D eigenvalue weighted by molar-refractivity contribution is 0.570. The summed E-state index contributed by atoms with van der Waals surface area (Å²) in [5.41, 5.74) is 1.08. The molecule has 5 heteroatoms. The second-order valence-corrected chi connectivity index (χ2v) is 5.92. The van der Waals surface area contributed by atoms with Crippen molar-refractivity contribution in [2.75, 3.05) is 0 Å². The molecule has 0 spiro atoms. The molecule has 0 bridgehead atoms. The van der Waals surface area contributed by atoms with Crippen LogP contribution in [0.4, 0.5) is 8.78 Å². The quantitative estimate of drug-likeness (QED) is 0.593. The van der Waals surface area contributed by atoms with Crippen LogP contribution in [-0.2, 0) is 6.42 Å². The van der Waals surface area contributed by atoms with Gasteiger partial charge in [-0.2, -0.15) is 0 Å². The monoisotopic (exact) mass is 364 g/mol. The first-order chi connectivity index (χ1) is 8.97. The Morgan fingerprint density at radius 1 is 1.11 bits per heavy atom. The predicted octanol–water partition coefficient (Wildman–Crippen LogP) is 5.90. The first-order valence-corrected chi connectivity index (χ1v) is 7.11.